The van der Waals surface area contributed by atoms with E-state index in [0.717, 1.165) is 23.1 Å². The molecule has 0 spiro atoms. The number of carbonyl (C=O) groups excluding carboxylic acids is 1. The average Bonchev–Trinajstić information content (AvgIpc) is 2.76. The van der Waals surface area contributed by atoms with Gasteiger partial charge in [0.15, 0.2) is 0 Å². The van der Waals surface area contributed by atoms with E-state index in [1.54, 1.807) is 11.7 Å². The predicted octanol–water partition coefficient (Wildman–Crippen LogP) is 4.23. The summed E-state index contributed by atoms with van der Waals surface area (Å²) in [5.74, 6) is -0.814. The number of aryl methyl sites for hydroxylation is 1. The zero-order chi connectivity index (χ0) is 21.7. The van der Waals surface area contributed by atoms with E-state index in [4.69, 9.17) is 0 Å². The van der Waals surface area contributed by atoms with Crippen molar-refractivity contribution in [2.24, 2.45) is 5.92 Å². The summed E-state index contributed by atoms with van der Waals surface area (Å²) in [6.07, 6.45) is 2.89. The lowest BCUT2D eigenvalue weighted by Gasteiger charge is -2.22. The summed E-state index contributed by atoms with van der Waals surface area (Å²) in [5.41, 5.74) is 5.48. The summed E-state index contributed by atoms with van der Waals surface area (Å²) < 4.78 is 1.40. The molecule has 1 unspecified atom stereocenters. The Bertz CT molecular complexity index is 1060. The zero-order valence-corrected chi connectivity index (χ0v) is 17.5. The minimum atomic E-state index is -0.830. The predicted molar refractivity (Wildman–Crippen MR) is 117 cm³/mol. The molecule has 156 valence electrons. The summed E-state index contributed by atoms with van der Waals surface area (Å²) in [6.45, 7) is 5.65. The molecule has 0 radical (unpaired) electrons. The van der Waals surface area contributed by atoms with Crippen molar-refractivity contribution in [3.8, 4) is 22.4 Å². The summed E-state index contributed by atoms with van der Waals surface area (Å²) in [6, 6.07) is 17.2. The van der Waals surface area contributed by atoms with Gasteiger partial charge in [-0.25, -0.2) is 10.5 Å². The molecule has 1 atom stereocenters. The zero-order valence-electron chi connectivity index (χ0n) is 17.5. The van der Waals surface area contributed by atoms with Crippen LogP contribution in [0.1, 0.15) is 38.9 Å². The van der Waals surface area contributed by atoms with Gasteiger partial charge in [0.05, 0.1) is 5.69 Å². The number of hydroxylamine groups is 1. The number of aromatic nitrogens is 2. The lowest BCUT2D eigenvalue weighted by atomic mass is 10.0. The van der Waals surface area contributed by atoms with Gasteiger partial charge in [0.2, 0.25) is 0 Å². The van der Waals surface area contributed by atoms with Crippen LogP contribution in [0.5, 0.6) is 0 Å². The fourth-order valence-electron chi connectivity index (χ4n) is 3.59. The van der Waals surface area contributed by atoms with E-state index in [1.807, 2.05) is 75.4 Å². The van der Waals surface area contributed by atoms with Gasteiger partial charge in [0.1, 0.15) is 11.7 Å². The molecule has 0 aliphatic carbocycles. The van der Waals surface area contributed by atoms with Gasteiger partial charge >= 0.3 is 0 Å². The van der Waals surface area contributed by atoms with E-state index in [-0.39, 0.29) is 11.5 Å². The Morgan fingerprint density at radius 1 is 1.03 bits per heavy atom. The van der Waals surface area contributed by atoms with Crippen LogP contribution in [-0.2, 0) is 11.2 Å². The van der Waals surface area contributed by atoms with Crippen LogP contribution in [0.25, 0.3) is 22.4 Å². The van der Waals surface area contributed by atoms with Crippen LogP contribution < -0.4 is 11.0 Å². The standard InChI is InChI=1S/C24H27N3O3/c1-4-8-20-24(29)27(22(16(2)3)23(28)26-30)15-21(25-20)19-13-11-18(12-14-19)17-9-6-5-7-10-17/h5-7,9-16,22,30H,4,8H2,1-3H3,(H,26,28). The largest absolute Gasteiger partial charge is 0.299 e. The van der Waals surface area contributed by atoms with Gasteiger partial charge < -0.3 is 0 Å². The molecule has 0 saturated carbocycles. The van der Waals surface area contributed by atoms with E-state index >= 15 is 0 Å². The fourth-order valence-corrected chi connectivity index (χ4v) is 3.59. The highest BCUT2D eigenvalue weighted by Gasteiger charge is 2.26. The highest BCUT2D eigenvalue weighted by molar-refractivity contribution is 5.79. The molecular formula is C24H27N3O3. The number of amides is 1. The Kier molecular flexibility index (Phi) is 6.79. The minimum Gasteiger partial charge on any atom is -0.299 e. The SMILES string of the molecule is CCCc1nc(-c2ccc(-c3ccccc3)cc2)cn(C(C(=O)NO)C(C)C)c1=O. The number of carbonyl (C=O) groups is 1. The van der Waals surface area contributed by atoms with Gasteiger partial charge in [-0.1, -0.05) is 81.8 Å². The van der Waals surface area contributed by atoms with Crippen molar-refractivity contribution >= 4 is 5.91 Å². The topological polar surface area (TPSA) is 84.2 Å². The number of nitrogens with zero attached hydrogens (tertiary/aromatic N) is 2. The molecule has 0 aliphatic rings. The van der Waals surface area contributed by atoms with E-state index in [1.165, 1.54) is 4.57 Å². The quantitative estimate of drug-likeness (QED) is 0.455. The third-order valence-electron chi connectivity index (χ3n) is 5.08. The molecule has 1 heterocycles. The Balaban J connectivity index is 2.09. The molecule has 6 nitrogen and oxygen atoms in total. The maximum atomic E-state index is 13.0. The lowest BCUT2D eigenvalue weighted by Crippen LogP contribution is -2.40. The number of rotatable bonds is 7. The van der Waals surface area contributed by atoms with Gasteiger partial charge in [0, 0.05) is 11.8 Å². The van der Waals surface area contributed by atoms with Crippen molar-refractivity contribution < 1.29 is 10.0 Å². The highest BCUT2D eigenvalue weighted by Crippen LogP contribution is 2.25. The second-order valence-electron chi connectivity index (χ2n) is 7.64. The molecule has 0 fully saturated rings. The molecule has 30 heavy (non-hydrogen) atoms. The van der Waals surface area contributed by atoms with E-state index in [0.29, 0.717) is 17.8 Å². The Hall–Kier alpha value is -3.25. The van der Waals surface area contributed by atoms with Crippen molar-refractivity contribution in [3.05, 3.63) is 76.8 Å². The first-order valence-corrected chi connectivity index (χ1v) is 10.2. The third-order valence-corrected chi connectivity index (χ3v) is 5.08. The first-order chi connectivity index (χ1) is 14.5. The summed E-state index contributed by atoms with van der Waals surface area (Å²) in [4.78, 5) is 29.9. The molecular weight excluding hydrogens is 378 g/mol. The number of hydrogen-bond donors (Lipinski definition) is 2. The Labute approximate surface area is 176 Å². The minimum absolute atomic E-state index is 0.194. The molecule has 0 bridgehead atoms. The lowest BCUT2D eigenvalue weighted by molar-refractivity contribution is -0.134. The van der Waals surface area contributed by atoms with Crippen LogP contribution in [0.15, 0.2) is 65.6 Å². The summed E-state index contributed by atoms with van der Waals surface area (Å²) in [5, 5.41) is 9.17. The van der Waals surface area contributed by atoms with E-state index < -0.39 is 11.9 Å². The molecule has 3 rings (SSSR count). The molecule has 0 aliphatic heterocycles. The smallest absolute Gasteiger partial charge is 0.273 e. The summed E-state index contributed by atoms with van der Waals surface area (Å²) in [7, 11) is 0. The van der Waals surface area contributed by atoms with Gasteiger partial charge in [-0.05, 0) is 23.5 Å². The normalized spacial score (nSPS) is 12.0. The second kappa shape index (κ2) is 9.50. The molecule has 0 saturated heterocycles. The van der Waals surface area contributed by atoms with Crippen LogP contribution in [0, 0.1) is 5.92 Å². The van der Waals surface area contributed by atoms with Crippen LogP contribution >= 0.6 is 0 Å². The molecule has 6 heteroatoms. The van der Waals surface area contributed by atoms with Crippen molar-refractivity contribution in [1.29, 1.82) is 0 Å². The molecule has 1 amide bonds. The number of benzene rings is 2. The van der Waals surface area contributed by atoms with Crippen molar-refractivity contribution in [2.75, 3.05) is 0 Å². The molecule has 2 aromatic carbocycles. The van der Waals surface area contributed by atoms with Gasteiger partial charge in [-0.15, -0.1) is 0 Å². The van der Waals surface area contributed by atoms with Crippen LogP contribution in [0.3, 0.4) is 0 Å². The fraction of sp³-hybridized carbons (Fsp3) is 0.292. The van der Waals surface area contributed by atoms with Crippen molar-refractivity contribution in [2.45, 2.75) is 39.7 Å². The third kappa shape index (κ3) is 4.49. The highest BCUT2D eigenvalue weighted by atomic mass is 16.5. The first-order valence-electron chi connectivity index (χ1n) is 10.2. The molecule has 3 aromatic rings. The summed E-state index contributed by atoms with van der Waals surface area (Å²) >= 11 is 0. The first kappa shape index (κ1) is 21.5. The van der Waals surface area contributed by atoms with Gasteiger partial charge in [0.25, 0.3) is 11.5 Å². The van der Waals surface area contributed by atoms with Crippen molar-refractivity contribution in [3.63, 3.8) is 0 Å². The monoisotopic (exact) mass is 405 g/mol. The maximum absolute atomic E-state index is 13.0. The maximum Gasteiger partial charge on any atom is 0.273 e. The van der Waals surface area contributed by atoms with Gasteiger partial charge in [-0.2, -0.15) is 0 Å². The van der Waals surface area contributed by atoms with E-state index in [2.05, 4.69) is 4.98 Å². The van der Waals surface area contributed by atoms with Crippen LogP contribution in [0.2, 0.25) is 0 Å². The Morgan fingerprint density at radius 3 is 2.20 bits per heavy atom. The van der Waals surface area contributed by atoms with Crippen LogP contribution in [-0.4, -0.2) is 20.7 Å². The van der Waals surface area contributed by atoms with Crippen LogP contribution in [0.4, 0.5) is 0 Å². The molecule has 2 N–H and O–H groups in total. The Morgan fingerprint density at radius 2 is 1.63 bits per heavy atom. The number of hydrogen-bond acceptors (Lipinski definition) is 4. The van der Waals surface area contributed by atoms with Gasteiger partial charge in [-0.3, -0.25) is 19.4 Å². The average molecular weight is 405 g/mol. The molecule has 1 aromatic heterocycles. The van der Waals surface area contributed by atoms with E-state index in [9.17, 15) is 14.8 Å². The van der Waals surface area contributed by atoms with Crippen molar-refractivity contribution in [1.82, 2.24) is 15.0 Å². The number of nitrogens with one attached hydrogen (secondary N) is 1. The second-order valence-corrected chi connectivity index (χ2v) is 7.64.